The largest absolute Gasteiger partial charge is 0.494 e. The predicted octanol–water partition coefficient (Wildman–Crippen LogP) is 3.30. The van der Waals surface area contributed by atoms with E-state index < -0.39 is 6.10 Å². The third-order valence-electron chi connectivity index (χ3n) is 3.48. The highest BCUT2D eigenvalue weighted by Gasteiger charge is 2.15. The van der Waals surface area contributed by atoms with Gasteiger partial charge in [-0.3, -0.25) is 0 Å². The summed E-state index contributed by atoms with van der Waals surface area (Å²) in [6.45, 7) is 5.36. The highest BCUT2D eigenvalue weighted by Crippen LogP contribution is 2.17. The van der Waals surface area contributed by atoms with E-state index in [-0.39, 0.29) is 6.04 Å². The number of hydrogen-bond acceptors (Lipinski definition) is 3. The molecule has 0 amide bonds. The molecule has 2 aromatic carbocycles. The molecule has 112 valence electrons. The van der Waals surface area contributed by atoms with Gasteiger partial charge in [-0.15, -0.1) is 0 Å². The minimum atomic E-state index is -0.506. The van der Waals surface area contributed by atoms with E-state index in [1.54, 1.807) is 0 Å². The molecule has 21 heavy (non-hydrogen) atoms. The Hall–Kier alpha value is -1.84. The van der Waals surface area contributed by atoms with Gasteiger partial charge in [0.15, 0.2) is 0 Å². The molecule has 2 aromatic rings. The van der Waals surface area contributed by atoms with Crippen LogP contribution in [0.25, 0.3) is 0 Å². The van der Waals surface area contributed by atoms with E-state index in [9.17, 15) is 5.11 Å². The number of aliphatic hydroxyl groups excluding tert-OH is 1. The maximum Gasteiger partial charge on any atom is 0.119 e. The van der Waals surface area contributed by atoms with Gasteiger partial charge >= 0.3 is 0 Å². The fourth-order valence-corrected chi connectivity index (χ4v) is 2.20. The van der Waals surface area contributed by atoms with E-state index in [1.807, 2.05) is 68.4 Å². The van der Waals surface area contributed by atoms with Crippen LogP contribution in [-0.4, -0.2) is 17.8 Å². The number of nitrogens with one attached hydrogen (secondary N) is 1. The smallest absolute Gasteiger partial charge is 0.119 e. The lowest BCUT2D eigenvalue weighted by Gasteiger charge is -2.20. The van der Waals surface area contributed by atoms with Gasteiger partial charge in [0, 0.05) is 12.6 Å². The Morgan fingerprint density at radius 1 is 1.05 bits per heavy atom. The van der Waals surface area contributed by atoms with Crippen molar-refractivity contribution in [1.82, 2.24) is 5.32 Å². The molecule has 0 saturated carbocycles. The molecule has 0 fully saturated rings. The first kappa shape index (κ1) is 15.5. The van der Waals surface area contributed by atoms with Crippen molar-refractivity contribution in [3.05, 3.63) is 65.7 Å². The third-order valence-corrected chi connectivity index (χ3v) is 3.48. The summed E-state index contributed by atoms with van der Waals surface area (Å²) in [5, 5.41) is 13.7. The Kier molecular flexibility index (Phi) is 5.78. The Balaban J connectivity index is 1.87. The van der Waals surface area contributed by atoms with E-state index in [1.165, 1.54) is 5.56 Å². The molecule has 0 bridgehead atoms. The zero-order valence-corrected chi connectivity index (χ0v) is 12.6. The average molecular weight is 285 g/mol. The zero-order chi connectivity index (χ0) is 15.1. The molecule has 2 rings (SSSR count). The van der Waals surface area contributed by atoms with Gasteiger partial charge in [-0.25, -0.2) is 0 Å². The summed E-state index contributed by atoms with van der Waals surface area (Å²) in [6, 6.07) is 17.7. The zero-order valence-electron chi connectivity index (χ0n) is 12.6. The third kappa shape index (κ3) is 4.59. The Bertz CT molecular complexity index is 525. The lowest BCUT2D eigenvalue weighted by Crippen LogP contribution is -2.31. The first-order chi connectivity index (χ1) is 10.2. The first-order valence-corrected chi connectivity index (χ1v) is 7.39. The van der Waals surface area contributed by atoms with E-state index in [2.05, 4.69) is 5.32 Å². The van der Waals surface area contributed by atoms with Crippen molar-refractivity contribution in [2.75, 3.05) is 6.61 Å². The molecular weight excluding hydrogens is 262 g/mol. The Labute approximate surface area is 126 Å². The summed E-state index contributed by atoms with van der Waals surface area (Å²) in [5.41, 5.74) is 2.11. The molecule has 2 atom stereocenters. The lowest BCUT2D eigenvalue weighted by molar-refractivity contribution is 0.135. The van der Waals surface area contributed by atoms with Crippen LogP contribution in [0.3, 0.4) is 0 Å². The minimum absolute atomic E-state index is 0.0148. The van der Waals surface area contributed by atoms with Crippen LogP contribution >= 0.6 is 0 Å². The van der Waals surface area contributed by atoms with Crippen LogP contribution in [0.5, 0.6) is 5.75 Å². The molecule has 0 aliphatic carbocycles. The Morgan fingerprint density at radius 3 is 2.33 bits per heavy atom. The van der Waals surface area contributed by atoms with Gasteiger partial charge < -0.3 is 15.2 Å². The Morgan fingerprint density at radius 2 is 1.71 bits per heavy atom. The van der Waals surface area contributed by atoms with Crippen LogP contribution in [0.2, 0.25) is 0 Å². The van der Waals surface area contributed by atoms with Crippen molar-refractivity contribution in [2.24, 2.45) is 0 Å². The molecule has 0 unspecified atom stereocenters. The molecule has 0 aliphatic rings. The average Bonchev–Trinajstić information content (AvgIpc) is 2.54. The molecule has 0 spiro atoms. The maximum atomic E-state index is 10.3. The normalized spacial score (nSPS) is 13.7. The van der Waals surface area contributed by atoms with E-state index >= 15 is 0 Å². The molecule has 0 radical (unpaired) electrons. The molecule has 3 nitrogen and oxygen atoms in total. The van der Waals surface area contributed by atoms with E-state index in [4.69, 9.17) is 4.74 Å². The maximum absolute atomic E-state index is 10.3. The van der Waals surface area contributed by atoms with Crippen LogP contribution in [-0.2, 0) is 6.54 Å². The van der Waals surface area contributed by atoms with Crippen molar-refractivity contribution >= 4 is 0 Å². The van der Waals surface area contributed by atoms with Gasteiger partial charge in [0.2, 0.25) is 0 Å². The molecule has 0 heterocycles. The lowest BCUT2D eigenvalue weighted by atomic mass is 10.0. The second-order valence-electron chi connectivity index (χ2n) is 5.10. The second kappa shape index (κ2) is 7.81. The molecular formula is C18H23NO2. The summed E-state index contributed by atoms with van der Waals surface area (Å²) in [6.07, 6.45) is -0.506. The fourth-order valence-electron chi connectivity index (χ4n) is 2.20. The van der Waals surface area contributed by atoms with Crippen molar-refractivity contribution in [3.63, 3.8) is 0 Å². The molecule has 2 N–H and O–H groups in total. The SMILES string of the molecule is CCOc1ccc(CN[C@H](C)[C@@H](O)c2ccccc2)cc1. The summed E-state index contributed by atoms with van der Waals surface area (Å²) in [7, 11) is 0. The minimum Gasteiger partial charge on any atom is -0.494 e. The van der Waals surface area contributed by atoms with Gasteiger partial charge in [-0.05, 0) is 37.1 Å². The summed E-state index contributed by atoms with van der Waals surface area (Å²) >= 11 is 0. The number of aliphatic hydroxyl groups is 1. The van der Waals surface area contributed by atoms with E-state index in [0.29, 0.717) is 6.61 Å². The molecule has 0 aromatic heterocycles. The van der Waals surface area contributed by atoms with E-state index in [0.717, 1.165) is 17.9 Å². The number of ether oxygens (including phenoxy) is 1. The monoisotopic (exact) mass is 285 g/mol. The second-order valence-corrected chi connectivity index (χ2v) is 5.10. The highest BCUT2D eigenvalue weighted by molar-refractivity contribution is 5.27. The molecule has 3 heteroatoms. The summed E-state index contributed by atoms with van der Waals surface area (Å²) in [5.74, 6) is 0.888. The fraction of sp³-hybridized carbons (Fsp3) is 0.333. The summed E-state index contributed by atoms with van der Waals surface area (Å²) in [4.78, 5) is 0. The van der Waals surface area contributed by atoms with Gasteiger partial charge in [0.05, 0.1) is 12.7 Å². The number of benzene rings is 2. The van der Waals surface area contributed by atoms with Crippen molar-refractivity contribution in [3.8, 4) is 5.75 Å². The van der Waals surface area contributed by atoms with Gasteiger partial charge in [-0.2, -0.15) is 0 Å². The first-order valence-electron chi connectivity index (χ1n) is 7.39. The van der Waals surface area contributed by atoms with Gasteiger partial charge in [-0.1, -0.05) is 42.5 Å². The van der Waals surface area contributed by atoms with Gasteiger partial charge in [0.1, 0.15) is 5.75 Å². The van der Waals surface area contributed by atoms with Crippen molar-refractivity contribution < 1.29 is 9.84 Å². The van der Waals surface area contributed by atoms with Crippen LogP contribution in [0.15, 0.2) is 54.6 Å². The van der Waals surface area contributed by atoms with Crippen LogP contribution < -0.4 is 10.1 Å². The van der Waals surface area contributed by atoms with Crippen molar-refractivity contribution in [2.45, 2.75) is 32.5 Å². The summed E-state index contributed by atoms with van der Waals surface area (Å²) < 4.78 is 5.42. The molecule has 0 saturated heterocycles. The number of rotatable bonds is 7. The number of hydrogen-bond donors (Lipinski definition) is 2. The highest BCUT2D eigenvalue weighted by atomic mass is 16.5. The quantitative estimate of drug-likeness (QED) is 0.820. The standard InChI is InChI=1S/C18H23NO2/c1-3-21-17-11-9-15(10-12-17)13-19-14(2)18(20)16-7-5-4-6-8-16/h4-12,14,18-20H,3,13H2,1-2H3/t14-,18-/m1/s1. The van der Waals surface area contributed by atoms with Crippen LogP contribution in [0.4, 0.5) is 0 Å². The molecule has 0 aliphatic heterocycles. The van der Waals surface area contributed by atoms with Crippen molar-refractivity contribution in [1.29, 1.82) is 0 Å². The van der Waals surface area contributed by atoms with Crippen LogP contribution in [0.1, 0.15) is 31.1 Å². The van der Waals surface area contributed by atoms with Crippen LogP contribution in [0, 0.1) is 0 Å². The van der Waals surface area contributed by atoms with Gasteiger partial charge in [0.25, 0.3) is 0 Å². The topological polar surface area (TPSA) is 41.5 Å². The predicted molar refractivity (Wildman–Crippen MR) is 85.3 cm³/mol.